The number of rotatable bonds is 1. The first-order valence-corrected chi connectivity index (χ1v) is 7.16. The summed E-state index contributed by atoms with van der Waals surface area (Å²) < 4.78 is 6.08. The lowest BCUT2D eigenvalue weighted by Crippen LogP contribution is -2.55. The van der Waals surface area contributed by atoms with Crippen molar-refractivity contribution in [3.63, 3.8) is 0 Å². The normalized spacial score (nSPS) is 20.5. The largest absolute Gasteiger partial charge is 0.475 e. The summed E-state index contributed by atoms with van der Waals surface area (Å²) in [5.41, 5.74) is 0.614. The van der Waals surface area contributed by atoms with E-state index in [9.17, 15) is 9.59 Å². The average molecular weight is 273 g/mol. The Kier molecular flexibility index (Phi) is 3.04. The van der Waals surface area contributed by atoms with Gasteiger partial charge in [0.2, 0.25) is 0 Å². The summed E-state index contributed by atoms with van der Waals surface area (Å²) in [4.78, 5) is 25.8. The topological polar surface area (TPSA) is 46.6 Å². The van der Waals surface area contributed by atoms with Gasteiger partial charge in [-0.15, -0.1) is 0 Å². The molecule has 1 aliphatic heterocycles. The summed E-state index contributed by atoms with van der Waals surface area (Å²) in [5.74, 6) is 0.719. The van der Waals surface area contributed by atoms with E-state index >= 15 is 0 Å². The van der Waals surface area contributed by atoms with Crippen LogP contribution >= 0.6 is 0 Å². The first-order chi connectivity index (χ1) is 9.53. The fourth-order valence-corrected chi connectivity index (χ4v) is 3.19. The van der Waals surface area contributed by atoms with Gasteiger partial charge >= 0.3 is 0 Å². The van der Waals surface area contributed by atoms with Gasteiger partial charge in [0.25, 0.3) is 5.91 Å². The zero-order valence-electron chi connectivity index (χ0n) is 11.9. The average Bonchev–Trinajstić information content (AvgIpc) is 2.45. The highest BCUT2D eigenvalue weighted by Crippen LogP contribution is 2.43. The highest BCUT2D eigenvalue weighted by atomic mass is 16.5. The molecule has 0 aromatic heterocycles. The highest BCUT2D eigenvalue weighted by molar-refractivity contribution is 6.04. The zero-order valence-corrected chi connectivity index (χ0v) is 11.9. The van der Waals surface area contributed by atoms with Gasteiger partial charge in [-0.3, -0.25) is 9.59 Å². The van der Waals surface area contributed by atoms with Crippen molar-refractivity contribution < 1.29 is 14.3 Å². The number of benzene rings is 1. The van der Waals surface area contributed by atoms with E-state index in [1.165, 1.54) is 6.92 Å². The van der Waals surface area contributed by atoms with E-state index in [-0.39, 0.29) is 11.7 Å². The minimum absolute atomic E-state index is 0.00778. The molecule has 1 amide bonds. The number of amides is 1. The standard InChI is InChI=1S/C16H19NO3/c1-11(18)12-6-7-14-13(10-12)17(2)15(19)16(20-14)8-4-3-5-9-16/h6-7,10H,3-5,8-9H2,1-2H3. The second kappa shape index (κ2) is 4.62. The van der Waals surface area contributed by atoms with Gasteiger partial charge in [0, 0.05) is 12.6 Å². The van der Waals surface area contributed by atoms with Crippen LogP contribution in [0.4, 0.5) is 5.69 Å². The summed E-state index contributed by atoms with van der Waals surface area (Å²) in [5, 5.41) is 0. The Labute approximate surface area is 118 Å². The second-order valence-corrected chi connectivity index (χ2v) is 5.76. The minimum atomic E-state index is -0.683. The van der Waals surface area contributed by atoms with Crippen LogP contribution < -0.4 is 9.64 Å². The monoisotopic (exact) mass is 273 g/mol. The molecule has 20 heavy (non-hydrogen) atoms. The van der Waals surface area contributed by atoms with Crippen molar-refractivity contribution in [3.05, 3.63) is 23.8 Å². The SMILES string of the molecule is CC(=O)c1ccc2c(c1)N(C)C(=O)C1(CCCCC1)O2. The van der Waals surface area contributed by atoms with Crippen molar-refractivity contribution in [2.24, 2.45) is 0 Å². The Morgan fingerprint density at radius 3 is 2.60 bits per heavy atom. The molecule has 1 saturated carbocycles. The van der Waals surface area contributed by atoms with Gasteiger partial charge in [0.05, 0.1) is 5.69 Å². The lowest BCUT2D eigenvalue weighted by molar-refractivity contribution is -0.138. The predicted octanol–water partition coefficient (Wildman–Crippen LogP) is 2.95. The fourth-order valence-electron chi connectivity index (χ4n) is 3.19. The summed E-state index contributed by atoms with van der Waals surface area (Å²) >= 11 is 0. The maximum Gasteiger partial charge on any atom is 0.271 e. The number of nitrogens with zero attached hydrogens (tertiary/aromatic N) is 1. The molecular formula is C16H19NO3. The summed E-state index contributed by atoms with van der Waals surface area (Å²) in [6.45, 7) is 1.52. The van der Waals surface area contributed by atoms with Crippen LogP contribution in [0.15, 0.2) is 18.2 Å². The summed E-state index contributed by atoms with van der Waals surface area (Å²) in [6.07, 6.45) is 4.78. The number of hydrogen-bond donors (Lipinski definition) is 0. The molecule has 0 saturated heterocycles. The number of Topliss-reactive ketones (excluding diaryl/α,β-unsaturated/α-hetero) is 1. The van der Waals surface area contributed by atoms with Crippen molar-refractivity contribution in [2.75, 3.05) is 11.9 Å². The van der Waals surface area contributed by atoms with Gasteiger partial charge in [-0.2, -0.15) is 0 Å². The van der Waals surface area contributed by atoms with Crippen molar-refractivity contribution in [3.8, 4) is 5.75 Å². The van der Waals surface area contributed by atoms with Crippen LogP contribution in [0.25, 0.3) is 0 Å². The van der Waals surface area contributed by atoms with Gasteiger partial charge in [-0.05, 0) is 50.8 Å². The maximum absolute atomic E-state index is 12.7. The van der Waals surface area contributed by atoms with Crippen molar-refractivity contribution in [1.29, 1.82) is 0 Å². The van der Waals surface area contributed by atoms with Gasteiger partial charge in [-0.25, -0.2) is 0 Å². The van der Waals surface area contributed by atoms with E-state index in [0.717, 1.165) is 32.1 Å². The van der Waals surface area contributed by atoms with Crippen molar-refractivity contribution >= 4 is 17.4 Å². The summed E-state index contributed by atoms with van der Waals surface area (Å²) in [6, 6.07) is 5.32. The van der Waals surface area contributed by atoms with Crippen LogP contribution in [0, 0.1) is 0 Å². The quantitative estimate of drug-likeness (QED) is 0.739. The Hall–Kier alpha value is -1.84. The molecule has 0 unspecified atom stereocenters. The van der Waals surface area contributed by atoms with E-state index in [4.69, 9.17) is 4.74 Å². The van der Waals surface area contributed by atoms with E-state index in [1.807, 2.05) is 6.07 Å². The van der Waals surface area contributed by atoms with Crippen LogP contribution in [-0.4, -0.2) is 24.3 Å². The molecular weight excluding hydrogens is 254 g/mol. The Morgan fingerprint density at radius 2 is 1.95 bits per heavy atom. The van der Waals surface area contributed by atoms with Crippen molar-refractivity contribution in [2.45, 2.75) is 44.6 Å². The Morgan fingerprint density at radius 1 is 1.25 bits per heavy atom. The number of hydrogen-bond acceptors (Lipinski definition) is 3. The van der Waals surface area contributed by atoms with Crippen LogP contribution in [-0.2, 0) is 4.79 Å². The van der Waals surface area contributed by atoms with Gasteiger partial charge < -0.3 is 9.64 Å². The van der Waals surface area contributed by atoms with E-state index in [2.05, 4.69) is 0 Å². The van der Waals surface area contributed by atoms with Crippen molar-refractivity contribution in [1.82, 2.24) is 0 Å². The Balaban J connectivity index is 2.03. The van der Waals surface area contributed by atoms with Gasteiger partial charge in [0.15, 0.2) is 11.4 Å². The third kappa shape index (κ3) is 1.90. The maximum atomic E-state index is 12.7. The molecule has 1 aliphatic carbocycles. The lowest BCUT2D eigenvalue weighted by atomic mass is 9.82. The second-order valence-electron chi connectivity index (χ2n) is 5.76. The number of anilines is 1. The minimum Gasteiger partial charge on any atom is -0.475 e. The molecule has 0 atom stereocenters. The molecule has 4 heteroatoms. The van der Waals surface area contributed by atoms with Crippen LogP contribution in [0.1, 0.15) is 49.4 Å². The Bertz CT molecular complexity index is 573. The fraction of sp³-hybridized carbons (Fsp3) is 0.500. The third-order valence-electron chi connectivity index (χ3n) is 4.39. The van der Waals surface area contributed by atoms with Crippen LogP contribution in [0.2, 0.25) is 0 Å². The van der Waals surface area contributed by atoms with E-state index in [1.54, 1.807) is 24.1 Å². The van der Waals surface area contributed by atoms with Crippen LogP contribution in [0.3, 0.4) is 0 Å². The molecule has 1 fully saturated rings. The number of likely N-dealkylation sites (N-methyl/N-ethyl adjacent to an activating group) is 1. The molecule has 3 rings (SSSR count). The molecule has 1 spiro atoms. The number of ether oxygens (including phenoxy) is 1. The predicted molar refractivity (Wildman–Crippen MR) is 76.3 cm³/mol. The van der Waals surface area contributed by atoms with Crippen LogP contribution in [0.5, 0.6) is 5.75 Å². The number of ketones is 1. The molecule has 0 N–H and O–H groups in total. The van der Waals surface area contributed by atoms with Gasteiger partial charge in [0.1, 0.15) is 5.75 Å². The smallest absolute Gasteiger partial charge is 0.271 e. The molecule has 1 aromatic carbocycles. The zero-order chi connectivity index (χ0) is 14.3. The highest BCUT2D eigenvalue weighted by Gasteiger charge is 2.47. The number of carbonyl (C=O) groups is 2. The molecule has 2 aliphatic rings. The summed E-state index contributed by atoms with van der Waals surface area (Å²) in [7, 11) is 1.77. The van der Waals surface area contributed by atoms with Gasteiger partial charge in [-0.1, -0.05) is 6.42 Å². The molecule has 0 radical (unpaired) electrons. The number of carbonyl (C=O) groups excluding carboxylic acids is 2. The molecule has 4 nitrogen and oxygen atoms in total. The molecule has 106 valence electrons. The first-order valence-electron chi connectivity index (χ1n) is 7.16. The molecule has 1 heterocycles. The van der Waals surface area contributed by atoms with E-state index < -0.39 is 5.60 Å². The third-order valence-corrected chi connectivity index (χ3v) is 4.39. The first kappa shape index (κ1) is 13.2. The number of fused-ring (bicyclic) bond motifs is 1. The lowest BCUT2D eigenvalue weighted by Gasteiger charge is -2.43. The molecule has 0 bridgehead atoms. The van der Waals surface area contributed by atoms with E-state index in [0.29, 0.717) is 17.0 Å². The molecule has 1 aromatic rings.